The molecule has 150 valence electrons. The second-order valence-corrected chi connectivity index (χ2v) is 6.93. The van der Waals surface area contributed by atoms with Gasteiger partial charge in [-0.15, -0.1) is 0 Å². The lowest BCUT2D eigenvalue weighted by Crippen LogP contribution is -2.39. The first kappa shape index (κ1) is 18.9. The highest BCUT2D eigenvalue weighted by Gasteiger charge is 2.25. The summed E-state index contributed by atoms with van der Waals surface area (Å²) >= 11 is 0. The van der Waals surface area contributed by atoms with Crippen LogP contribution in [0.5, 0.6) is 11.6 Å². The number of rotatable bonds is 5. The van der Waals surface area contributed by atoms with E-state index < -0.39 is 6.09 Å². The number of nitrogens with zero attached hydrogens (tertiary/aromatic N) is 4. The van der Waals surface area contributed by atoms with E-state index in [0.717, 1.165) is 29.5 Å². The van der Waals surface area contributed by atoms with Crippen molar-refractivity contribution in [3.05, 3.63) is 48.5 Å². The third kappa shape index (κ3) is 4.04. The molecule has 4 rings (SSSR count). The van der Waals surface area contributed by atoms with Gasteiger partial charge in [0.25, 0.3) is 0 Å². The summed E-state index contributed by atoms with van der Waals surface area (Å²) in [5.41, 5.74) is 1.27. The minimum atomic E-state index is -1.04. The van der Waals surface area contributed by atoms with Gasteiger partial charge in [-0.2, -0.15) is 0 Å². The average Bonchev–Trinajstić information content (AvgIpc) is 3.36. The summed E-state index contributed by atoms with van der Waals surface area (Å²) < 4.78 is 6.99. The highest BCUT2D eigenvalue weighted by molar-refractivity contribution is 5.89. The zero-order chi connectivity index (χ0) is 20.4. The Morgan fingerprint density at radius 2 is 2.17 bits per heavy atom. The number of nitrogens with one attached hydrogen (secondary N) is 1. The molecule has 1 fully saturated rings. The second kappa shape index (κ2) is 7.88. The van der Waals surface area contributed by atoms with Crippen molar-refractivity contribution in [2.75, 3.05) is 13.1 Å². The van der Waals surface area contributed by atoms with Crippen molar-refractivity contribution >= 4 is 22.9 Å². The van der Waals surface area contributed by atoms with Gasteiger partial charge in [0.1, 0.15) is 12.1 Å². The Morgan fingerprint density at radius 1 is 1.31 bits per heavy atom. The average molecular weight is 395 g/mol. The Bertz CT molecular complexity index is 1060. The maximum absolute atomic E-state index is 12.1. The number of benzene rings is 1. The number of aromatic nitrogens is 3. The minimum absolute atomic E-state index is 0.00757. The Labute approximate surface area is 166 Å². The number of hydrogen-bond donors (Lipinski definition) is 2. The molecule has 2 N–H and O–H groups in total. The third-order valence-electron chi connectivity index (χ3n) is 5.00. The smallest absolute Gasteiger partial charge is 0.415 e. The molecule has 0 saturated carbocycles. The maximum atomic E-state index is 12.1. The quantitative estimate of drug-likeness (QED) is 0.683. The molecule has 2 aromatic heterocycles. The lowest BCUT2D eigenvalue weighted by molar-refractivity contribution is -0.131. The monoisotopic (exact) mass is 395 g/mol. The molecule has 1 saturated heterocycles. The number of carbonyl (C=O) groups is 2. The van der Waals surface area contributed by atoms with Gasteiger partial charge in [-0.1, -0.05) is 0 Å². The van der Waals surface area contributed by atoms with Gasteiger partial charge in [-0.3, -0.25) is 9.36 Å². The van der Waals surface area contributed by atoms with Crippen molar-refractivity contribution < 1.29 is 19.4 Å². The Hall–Kier alpha value is -3.46. The van der Waals surface area contributed by atoms with Crippen molar-refractivity contribution in [3.8, 4) is 11.6 Å². The van der Waals surface area contributed by atoms with E-state index in [1.54, 1.807) is 37.3 Å². The molecule has 3 heterocycles. The zero-order valence-electron chi connectivity index (χ0n) is 15.9. The van der Waals surface area contributed by atoms with Gasteiger partial charge in [-0.25, -0.2) is 14.8 Å². The maximum Gasteiger partial charge on any atom is 0.415 e. The summed E-state index contributed by atoms with van der Waals surface area (Å²) in [6, 6.07) is 8.71. The number of hydrogen-bond acceptors (Lipinski definition) is 6. The van der Waals surface area contributed by atoms with E-state index in [1.165, 1.54) is 12.5 Å². The third-order valence-corrected chi connectivity index (χ3v) is 5.00. The molecule has 0 radical (unpaired) electrons. The van der Waals surface area contributed by atoms with Gasteiger partial charge in [0.05, 0.1) is 17.8 Å². The Balaban J connectivity index is 1.52. The van der Waals surface area contributed by atoms with E-state index in [0.29, 0.717) is 29.4 Å². The van der Waals surface area contributed by atoms with Crippen molar-refractivity contribution in [1.29, 1.82) is 0 Å². The molecular weight excluding hydrogens is 374 g/mol. The first-order valence-corrected chi connectivity index (χ1v) is 9.32. The largest absolute Gasteiger partial charge is 0.464 e. The number of carbonyl (C=O) groups excluding carboxylic acids is 1. The molecule has 0 aliphatic carbocycles. The van der Waals surface area contributed by atoms with Gasteiger partial charge in [0.2, 0.25) is 11.8 Å². The van der Waals surface area contributed by atoms with Crippen LogP contribution in [-0.2, 0) is 11.3 Å². The molecule has 9 nitrogen and oxygen atoms in total. The van der Waals surface area contributed by atoms with E-state index in [9.17, 15) is 14.7 Å². The van der Waals surface area contributed by atoms with Crippen molar-refractivity contribution in [2.24, 2.45) is 0 Å². The van der Waals surface area contributed by atoms with Crippen LogP contribution in [0.4, 0.5) is 4.79 Å². The minimum Gasteiger partial charge on any atom is -0.464 e. The van der Waals surface area contributed by atoms with Crippen LogP contribution in [0.15, 0.2) is 42.9 Å². The van der Waals surface area contributed by atoms with E-state index >= 15 is 0 Å². The van der Waals surface area contributed by atoms with Gasteiger partial charge < -0.3 is 20.1 Å². The van der Waals surface area contributed by atoms with Gasteiger partial charge in [0, 0.05) is 37.2 Å². The summed E-state index contributed by atoms with van der Waals surface area (Å²) in [7, 11) is 0. The highest BCUT2D eigenvalue weighted by Crippen LogP contribution is 2.26. The first-order valence-electron chi connectivity index (χ1n) is 9.32. The molecule has 0 bridgehead atoms. The summed E-state index contributed by atoms with van der Waals surface area (Å²) in [6.45, 7) is 3.64. The number of amides is 1. The zero-order valence-corrected chi connectivity index (χ0v) is 15.9. The van der Waals surface area contributed by atoms with Crippen LogP contribution in [0.1, 0.15) is 19.0 Å². The fraction of sp³-hybridized carbons (Fsp3) is 0.300. The van der Waals surface area contributed by atoms with E-state index in [2.05, 4.69) is 15.3 Å². The predicted molar refractivity (Wildman–Crippen MR) is 105 cm³/mol. The normalized spacial score (nSPS) is 16.1. The molecule has 9 heteroatoms. The van der Waals surface area contributed by atoms with E-state index in [1.807, 2.05) is 4.90 Å². The van der Waals surface area contributed by atoms with Crippen LogP contribution < -0.4 is 10.1 Å². The molecule has 29 heavy (non-hydrogen) atoms. The van der Waals surface area contributed by atoms with Crippen molar-refractivity contribution in [1.82, 2.24) is 24.8 Å². The van der Waals surface area contributed by atoms with Crippen LogP contribution in [-0.4, -0.2) is 55.7 Å². The van der Waals surface area contributed by atoms with E-state index in [-0.39, 0.29) is 11.9 Å². The first-order chi connectivity index (χ1) is 14.0. The molecule has 1 aliphatic rings. The summed E-state index contributed by atoms with van der Waals surface area (Å²) in [6.07, 6.45) is 2.79. The molecule has 0 spiro atoms. The summed E-state index contributed by atoms with van der Waals surface area (Å²) in [4.78, 5) is 33.5. The summed E-state index contributed by atoms with van der Waals surface area (Å²) in [5.74, 6) is 0.905. The number of carboxylic acid groups (broad SMARTS) is 1. The molecule has 3 aromatic rings. The van der Waals surface area contributed by atoms with Crippen molar-refractivity contribution in [2.45, 2.75) is 25.9 Å². The molecule has 1 aromatic carbocycles. The van der Waals surface area contributed by atoms with Crippen LogP contribution in [0.25, 0.3) is 10.9 Å². The van der Waals surface area contributed by atoms with Gasteiger partial charge in [-0.05, 0) is 37.2 Å². The van der Waals surface area contributed by atoms with Crippen LogP contribution >= 0.6 is 0 Å². The fourth-order valence-electron chi connectivity index (χ4n) is 3.57. The Kier molecular flexibility index (Phi) is 5.13. The lowest BCUT2D eigenvalue weighted by atomic mass is 10.2. The fourth-order valence-corrected chi connectivity index (χ4v) is 3.57. The van der Waals surface area contributed by atoms with Crippen LogP contribution in [0.2, 0.25) is 0 Å². The van der Waals surface area contributed by atoms with Gasteiger partial charge >= 0.3 is 6.09 Å². The lowest BCUT2D eigenvalue weighted by Gasteiger charge is -2.27. The Morgan fingerprint density at radius 3 is 2.90 bits per heavy atom. The number of fused-ring (bicyclic) bond motifs is 1. The standard InChI is InChI=1S/C20H21N5O4/c1-13(26)25(16-4-6-21-10-16)11-15-9-19(23-12-22-15)29-17-2-3-18-14(8-17)5-7-24(18)20(27)28/h2-3,5,7-9,12,16,21H,4,6,10-11H2,1H3,(H,27,28). The molecular formula is C20H21N5O4. The van der Waals surface area contributed by atoms with Crippen LogP contribution in [0.3, 0.4) is 0 Å². The van der Waals surface area contributed by atoms with Crippen LogP contribution in [0, 0.1) is 0 Å². The molecule has 1 aliphatic heterocycles. The second-order valence-electron chi connectivity index (χ2n) is 6.93. The highest BCUT2D eigenvalue weighted by atomic mass is 16.5. The number of ether oxygens (including phenoxy) is 1. The molecule has 1 unspecified atom stereocenters. The summed E-state index contributed by atoms with van der Waals surface area (Å²) in [5, 5.41) is 13.2. The van der Waals surface area contributed by atoms with Gasteiger partial charge in [0.15, 0.2) is 0 Å². The molecule has 1 amide bonds. The topological polar surface area (TPSA) is 110 Å². The van der Waals surface area contributed by atoms with Crippen molar-refractivity contribution in [3.63, 3.8) is 0 Å². The SMILES string of the molecule is CC(=O)N(Cc1cc(Oc2ccc3c(ccn3C(=O)O)c2)ncn1)C1CCNC1. The predicted octanol–water partition coefficient (Wildman–Crippen LogP) is 2.46. The van der Waals surface area contributed by atoms with E-state index in [4.69, 9.17) is 4.74 Å². The molecule has 1 atom stereocenters.